The quantitative estimate of drug-likeness (QED) is 0.403. The van der Waals surface area contributed by atoms with Crippen molar-refractivity contribution in [3.05, 3.63) is 42.0 Å². The topological polar surface area (TPSA) is 130 Å². The van der Waals surface area contributed by atoms with Crippen LogP contribution in [0.2, 0.25) is 0 Å². The van der Waals surface area contributed by atoms with Crippen molar-refractivity contribution in [2.45, 2.75) is 59.4 Å². The lowest BCUT2D eigenvalue weighted by Crippen LogP contribution is -2.52. The van der Waals surface area contributed by atoms with Gasteiger partial charge in [0.1, 0.15) is 5.75 Å². The molecule has 0 saturated heterocycles. The molecule has 38 heavy (non-hydrogen) atoms. The predicted octanol–water partition coefficient (Wildman–Crippen LogP) is 4.46. The lowest BCUT2D eigenvalue weighted by atomic mass is 9.91. The maximum absolute atomic E-state index is 13.0. The van der Waals surface area contributed by atoms with Crippen LogP contribution in [0, 0.1) is 16.7 Å². The summed E-state index contributed by atoms with van der Waals surface area (Å²) in [6.07, 6.45) is 0.264. The number of rotatable bonds is 8. The number of carbonyl (C=O) groups is 2. The van der Waals surface area contributed by atoms with E-state index in [-0.39, 0.29) is 11.3 Å². The maximum Gasteiger partial charge on any atom is 0.322 e. The van der Waals surface area contributed by atoms with Crippen LogP contribution in [-0.4, -0.2) is 49.6 Å². The number of carbonyl (C=O) groups excluding carboxylic acids is 2. The summed E-state index contributed by atoms with van der Waals surface area (Å²) in [6.45, 7) is 10.0. The Morgan fingerprint density at radius 2 is 1.89 bits per heavy atom. The minimum Gasteiger partial charge on any atom is -0.495 e. The first kappa shape index (κ1) is 28.6. The van der Waals surface area contributed by atoms with Gasteiger partial charge < -0.3 is 35.6 Å². The molecule has 1 aliphatic rings. The van der Waals surface area contributed by atoms with Crippen molar-refractivity contribution in [1.82, 2.24) is 5.32 Å². The minimum absolute atomic E-state index is 0.0137. The third kappa shape index (κ3) is 7.29. The predicted molar refractivity (Wildman–Crippen MR) is 149 cm³/mol. The van der Waals surface area contributed by atoms with Crippen LogP contribution < -0.4 is 30.5 Å². The van der Waals surface area contributed by atoms with Gasteiger partial charge >= 0.3 is 6.03 Å². The molecule has 0 aliphatic carbocycles. The normalized spacial score (nSPS) is 14.7. The highest BCUT2D eigenvalue weighted by atomic mass is 16.5. The van der Waals surface area contributed by atoms with Gasteiger partial charge in [-0.1, -0.05) is 20.8 Å². The Morgan fingerprint density at radius 1 is 1.18 bits per heavy atom. The number of amides is 3. The van der Waals surface area contributed by atoms with E-state index >= 15 is 0 Å². The average molecular weight is 523 g/mol. The first-order chi connectivity index (χ1) is 17.7. The zero-order chi connectivity index (χ0) is 28.3. The van der Waals surface area contributed by atoms with Crippen molar-refractivity contribution < 1.29 is 19.4 Å². The van der Waals surface area contributed by atoms with Crippen molar-refractivity contribution in [3.8, 4) is 11.8 Å². The molecule has 0 spiro atoms. The van der Waals surface area contributed by atoms with E-state index in [2.05, 4.69) is 16.0 Å². The van der Waals surface area contributed by atoms with Crippen LogP contribution >= 0.6 is 0 Å². The van der Waals surface area contributed by atoms with E-state index in [4.69, 9.17) is 10.00 Å². The van der Waals surface area contributed by atoms with Crippen LogP contribution in [0.15, 0.2) is 36.4 Å². The number of fused-ring (bicyclic) bond motifs is 1. The van der Waals surface area contributed by atoms with E-state index < -0.39 is 17.9 Å². The van der Waals surface area contributed by atoms with Crippen molar-refractivity contribution in [2.75, 3.05) is 41.1 Å². The number of aliphatic hydroxyl groups is 1. The Morgan fingerprint density at radius 3 is 2.50 bits per heavy atom. The molecular weight excluding hydrogens is 484 g/mol. The summed E-state index contributed by atoms with van der Waals surface area (Å²) in [5.74, 6) is 0.383. The smallest absolute Gasteiger partial charge is 0.322 e. The third-order valence-electron chi connectivity index (χ3n) is 6.15. The van der Waals surface area contributed by atoms with Gasteiger partial charge in [-0.15, -0.1) is 0 Å². The number of methoxy groups -OCH3 is 1. The van der Waals surface area contributed by atoms with Crippen molar-refractivity contribution in [1.29, 1.82) is 5.26 Å². The zero-order valence-corrected chi connectivity index (χ0v) is 23.2. The Hall–Kier alpha value is -3.97. The molecule has 2 aromatic rings. The average Bonchev–Trinajstić information content (AvgIpc) is 3.16. The fourth-order valence-electron chi connectivity index (χ4n) is 4.08. The highest BCUT2D eigenvalue weighted by Gasteiger charge is 2.32. The molecule has 0 aromatic heterocycles. The molecule has 0 fully saturated rings. The fourth-order valence-corrected chi connectivity index (χ4v) is 4.08. The van der Waals surface area contributed by atoms with Gasteiger partial charge in [-0.05, 0) is 56.0 Å². The van der Waals surface area contributed by atoms with Crippen LogP contribution in [0.3, 0.4) is 0 Å². The van der Waals surface area contributed by atoms with Gasteiger partial charge in [0, 0.05) is 31.8 Å². The summed E-state index contributed by atoms with van der Waals surface area (Å²) in [6, 6.07) is 12.0. The van der Waals surface area contributed by atoms with Gasteiger partial charge in [-0.3, -0.25) is 4.79 Å². The van der Waals surface area contributed by atoms with Crippen LogP contribution in [0.5, 0.6) is 5.75 Å². The van der Waals surface area contributed by atoms with E-state index in [1.165, 1.54) is 7.11 Å². The molecular formula is C28H38N6O4. The molecule has 0 bridgehead atoms. The molecule has 2 aromatic carbocycles. The zero-order valence-electron chi connectivity index (χ0n) is 23.2. The number of nitriles is 1. The van der Waals surface area contributed by atoms with Crippen LogP contribution in [-0.2, 0) is 4.79 Å². The summed E-state index contributed by atoms with van der Waals surface area (Å²) >= 11 is 0. The molecule has 3 amide bonds. The second-order valence-electron chi connectivity index (χ2n) is 11.3. The highest BCUT2D eigenvalue weighted by molar-refractivity contribution is 5.95. The third-order valence-corrected chi connectivity index (χ3v) is 6.15. The lowest BCUT2D eigenvalue weighted by Gasteiger charge is -2.30. The Kier molecular flexibility index (Phi) is 8.42. The van der Waals surface area contributed by atoms with E-state index in [9.17, 15) is 14.7 Å². The van der Waals surface area contributed by atoms with Gasteiger partial charge in [0.05, 0.1) is 41.4 Å². The molecule has 1 heterocycles. The minimum atomic E-state index is -0.898. The van der Waals surface area contributed by atoms with Crippen molar-refractivity contribution in [3.63, 3.8) is 0 Å². The summed E-state index contributed by atoms with van der Waals surface area (Å²) in [4.78, 5) is 29.4. The van der Waals surface area contributed by atoms with E-state index in [1.807, 2.05) is 49.9 Å². The molecule has 1 unspecified atom stereocenters. The second kappa shape index (κ2) is 11.2. The Labute approximate surface area is 224 Å². The first-order valence-corrected chi connectivity index (χ1v) is 12.5. The number of urea groups is 1. The van der Waals surface area contributed by atoms with Gasteiger partial charge in [0.25, 0.3) is 0 Å². The van der Waals surface area contributed by atoms with Crippen molar-refractivity contribution >= 4 is 34.7 Å². The Balaban J connectivity index is 1.81. The molecule has 0 radical (unpaired) electrons. The highest BCUT2D eigenvalue weighted by Crippen LogP contribution is 2.38. The van der Waals surface area contributed by atoms with Gasteiger partial charge in [0.15, 0.2) is 6.29 Å². The largest absolute Gasteiger partial charge is 0.495 e. The molecule has 4 N–H and O–H groups in total. The second-order valence-corrected chi connectivity index (χ2v) is 11.3. The van der Waals surface area contributed by atoms with Crippen LogP contribution in [0.1, 0.15) is 53.0 Å². The molecule has 10 nitrogen and oxygen atoms in total. The van der Waals surface area contributed by atoms with E-state index in [0.717, 1.165) is 17.1 Å². The maximum atomic E-state index is 13.0. The molecule has 10 heteroatoms. The number of nitrogens with one attached hydrogen (secondary N) is 3. The SMILES string of the molecule is COc1cc(C#N)ccc1NC(=O)NC1Nc2cc(N(C)C(=O)CC(C)(C)C)ccc2N1CCC(C)(C)O. The monoisotopic (exact) mass is 522 g/mol. The Bertz CT molecular complexity index is 1230. The van der Waals surface area contributed by atoms with Crippen LogP contribution in [0.25, 0.3) is 0 Å². The number of benzene rings is 2. The summed E-state index contributed by atoms with van der Waals surface area (Å²) in [5.41, 5.74) is 2.15. The number of ether oxygens (including phenoxy) is 1. The van der Waals surface area contributed by atoms with E-state index in [0.29, 0.717) is 36.4 Å². The summed E-state index contributed by atoms with van der Waals surface area (Å²) < 4.78 is 5.31. The van der Waals surface area contributed by atoms with Gasteiger partial charge in [0.2, 0.25) is 5.91 Å². The molecule has 204 valence electrons. The van der Waals surface area contributed by atoms with Gasteiger partial charge in [-0.2, -0.15) is 5.26 Å². The fraction of sp³-hybridized carbons (Fsp3) is 0.464. The summed E-state index contributed by atoms with van der Waals surface area (Å²) in [5, 5.41) is 28.5. The first-order valence-electron chi connectivity index (χ1n) is 12.5. The molecule has 0 saturated carbocycles. The van der Waals surface area contributed by atoms with Crippen LogP contribution in [0.4, 0.5) is 27.5 Å². The van der Waals surface area contributed by atoms with Crippen molar-refractivity contribution in [2.24, 2.45) is 5.41 Å². The van der Waals surface area contributed by atoms with E-state index in [1.54, 1.807) is 44.0 Å². The number of hydrogen-bond donors (Lipinski definition) is 4. The number of anilines is 4. The summed E-state index contributed by atoms with van der Waals surface area (Å²) in [7, 11) is 3.22. The standard InChI is InChI=1S/C28H38N6O4/c1-27(2,3)16-24(35)33(6)19-9-11-22-21(15-19)30-25(34(22)13-12-28(4,5)37)32-26(36)31-20-10-8-18(17-29)14-23(20)38-7/h8-11,14-15,25,30,37H,12-13,16H2,1-7H3,(H2,31,32,36). The number of nitrogens with zero attached hydrogens (tertiary/aromatic N) is 3. The molecule has 1 atom stereocenters. The lowest BCUT2D eigenvalue weighted by molar-refractivity contribution is -0.120. The van der Waals surface area contributed by atoms with Gasteiger partial charge in [-0.25, -0.2) is 4.79 Å². The molecule has 1 aliphatic heterocycles. The number of hydrogen-bond acceptors (Lipinski definition) is 7. The molecule has 3 rings (SSSR count).